The van der Waals surface area contributed by atoms with Crippen LogP contribution in [-0.2, 0) is 6.18 Å². The number of halogens is 3. The number of benzene rings is 2. The Hall–Kier alpha value is -3.69. The van der Waals surface area contributed by atoms with E-state index in [1.807, 2.05) is 0 Å². The summed E-state index contributed by atoms with van der Waals surface area (Å²) in [5.74, 6) is 5.63. The molecule has 1 aliphatic rings. The number of aliphatic imine (C=N–C) groups is 1. The van der Waals surface area contributed by atoms with E-state index in [2.05, 4.69) is 27.2 Å². The molecule has 2 aromatic carbocycles. The Bertz CT molecular complexity index is 1210. The number of hydrogen-bond acceptors (Lipinski definition) is 7. The molecule has 0 amide bonds. The lowest BCUT2D eigenvalue weighted by Crippen LogP contribution is -2.12. The van der Waals surface area contributed by atoms with E-state index in [0.717, 1.165) is 51.0 Å². The van der Waals surface area contributed by atoms with E-state index in [-0.39, 0.29) is 23.4 Å². The standard InChI is InChI=1S/C26H28F3N5O2/c1-2-3-6-19(32-30)16-31-18-11-9-17(10-12-18)24-33-34-25(36-24)22-15-21(35-20-7-4-5-8-20)13-14-23(22)26(27,28)29/h9-16,20H,2-8,30H2,1H3/b31-16?,32-19-. The van der Waals surface area contributed by atoms with E-state index in [1.165, 1.54) is 12.1 Å². The fourth-order valence-corrected chi connectivity index (χ4v) is 4.03. The molecule has 190 valence electrons. The van der Waals surface area contributed by atoms with Gasteiger partial charge in [-0.15, -0.1) is 10.2 Å². The quantitative estimate of drug-likeness (QED) is 0.195. The third-order valence-corrected chi connectivity index (χ3v) is 5.99. The molecular weight excluding hydrogens is 471 g/mol. The Morgan fingerprint density at radius 3 is 2.50 bits per heavy atom. The number of rotatable bonds is 9. The number of nitrogens with zero attached hydrogens (tertiary/aromatic N) is 4. The smallest absolute Gasteiger partial charge is 0.417 e. The number of alkyl halides is 3. The molecule has 0 radical (unpaired) electrons. The zero-order chi connectivity index (χ0) is 25.5. The Morgan fingerprint density at radius 2 is 1.83 bits per heavy atom. The third kappa shape index (κ3) is 6.30. The second kappa shape index (κ2) is 11.4. The Kier molecular flexibility index (Phi) is 8.02. The van der Waals surface area contributed by atoms with Crippen LogP contribution in [0.15, 0.2) is 57.0 Å². The van der Waals surface area contributed by atoms with Crippen molar-refractivity contribution in [1.29, 1.82) is 0 Å². The van der Waals surface area contributed by atoms with Gasteiger partial charge in [-0.2, -0.15) is 18.3 Å². The van der Waals surface area contributed by atoms with E-state index in [9.17, 15) is 13.2 Å². The maximum Gasteiger partial charge on any atom is 0.417 e. The van der Waals surface area contributed by atoms with Gasteiger partial charge in [0.25, 0.3) is 0 Å². The maximum atomic E-state index is 13.7. The molecule has 1 aliphatic carbocycles. The van der Waals surface area contributed by atoms with E-state index < -0.39 is 11.7 Å². The molecule has 2 N–H and O–H groups in total. The zero-order valence-electron chi connectivity index (χ0n) is 20.0. The molecule has 1 saturated carbocycles. The van der Waals surface area contributed by atoms with Crippen molar-refractivity contribution < 1.29 is 22.3 Å². The van der Waals surface area contributed by atoms with Gasteiger partial charge >= 0.3 is 6.18 Å². The molecule has 36 heavy (non-hydrogen) atoms. The lowest BCUT2D eigenvalue weighted by atomic mass is 10.1. The van der Waals surface area contributed by atoms with Gasteiger partial charge in [-0.1, -0.05) is 13.3 Å². The first-order valence-electron chi connectivity index (χ1n) is 12.0. The molecule has 0 aliphatic heterocycles. The molecule has 0 saturated heterocycles. The van der Waals surface area contributed by atoms with Crippen LogP contribution in [-0.4, -0.2) is 28.2 Å². The summed E-state index contributed by atoms with van der Waals surface area (Å²) in [6, 6.07) is 10.5. The average Bonchev–Trinajstić information content (AvgIpc) is 3.56. The number of ether oxygens (including phenoxy) is 1. The van der Waals surface area contributed by atoms with Gasteiger partial charge in [-0.05, 0) is 81.0 Å². The lowest BCUT2D eigenvalue weighted by molar-refractivity contribution is -0.137. The van der Waals surface area contributed by atoms with Crippen LogP contribution in [0.2, 0.25) is 0 Å². The van der Waals surface area contributed by atoms with Crippen molar-refractivity contribution in [2.45, 2.75) is 64.1 Å². The van der Waals surface area contributed by atoms with Gasteiger partial charge in [0.2, 0.25) is 11.8 Å². The second-order valence-electron chi connectivity index (χ2n) is 8.67. The van der Waals surface area contributed by atoms with Gasteiger partial charge in [0.15, 0.2) is 0 Å². The van der Waals surface area contributed by atoms with Crippen molar-refractivity contribution in [1.82, 2.24) is 10.2 Å². The summed E-state index contributed by atoms with van der Waals surface area (Å²) in [7, 11) is 0. The van der Waals surface area contributed by atoms with E-state index in [0.29, 0.717) is 22.7 Å². The van der Waals surface area contributed by atoms with Crippen LogP contribution in [0.5, 0.6) is 5.75 Å². The Morgan fingerprint density at radius 1 is 1.11 bits per heavy atom. The highest BCUT2D eigenvalue weighted by Crippen LogP contribution is 2.40. The molecule has 0 atom stereocenters. The summed E-state index contributed by atoms with van der Waals surface area (Å²) in [6.07, 6.45) is 3.65. The van der Waals surface area contributed by atoms with Crippen LogP contribution in [0, 0.1) is 0 Å². The third-order valence-electron chi connectivity index (χ3n) is 5.99. The van der Waals surface area contributed by atoms with Crippen LogP contribution in [0.25, 0.3) is 22.9 Å². The number of unbranched alkanes of at least 4 members (excludes halogenated alkanes) is 1. The molecule has 10 heteroatoms. The molecule has 7 nitrogen and oxygen atoms in total. The SMILES string of the molecule is CCCC/C(C=Nc1ccc(-c2nnc(-c3cc(OC4CCCC4)ccc3C(F)(F)F)o2)cc1)=N/N. The van der Waals surface area contributed by atoms with E-state index in [4.69, 9.17) is 15.0 Å². The summed E-state index contributed by atoms with van der Waals surface area (Å²) in [5.41, 5.74) is 0.841. The lowest BCUT2D eigenvalue weighted by Gasteiger charge is -2.16. The summed E-state index contributed by atoms with van der Waals surface area (Å²) >= 11 is 0. The molecule has 1 fully saturated rings. The fraction of sp³-hybridized carbons (Fsp3) is 0.385. The average molecular weight is 500 g/mol. The number of nitrogens with two attached hydrogens (primary N) is 1. The largest absolute Gasteiger partial charge is 0.490 e. The highest BCUT2D eigenvalue weighted by atomic mass is 19.4. The van der Waals surface area contributed by atoms with E-state index in [1.54, 1.807) is 30.5 Å². The molecule has 3 aromatic rings. The van der Waals surface area contributed by atoms with Crippen LogP contribution in [0.4, 0.5) is 18.9 Å². The van der Waals surface area contributed by atoms with Gasteiger partial charge in [0.05, 0.1) is 34.8 Å². The monoisotopic (exact) mass is 499 g/mol. The molecule has 0 unspecified atom stereocenters. The van der Waals surface area contributed by atoms with Crippen molar-refractivity contribution in [3.8, 4) is 28.7 Å². The second-order valence-corrected chi connectivity index (χ2v) is 8.67. The van der Waals surface area contributed by atoms with Crippen molar-refractivity contribution >= 4 is 17.6 Å². The number of aromatic nitrogens is 2. The van der Waals surface area contributed by atoms with Crippen molar-refractivity contribution in [2.24, 2.45) is 15.9 Å². The van der Waals surface area contributed by atoms with Crippen LogP contribution >= 0.6 is 0 Å². The molecule has 1 aromatic heterocycles. The van der Waals surface area contributed by atoms with Gasteiger partial charge in [0.1, 0.15) is 5.75 Å². The number of hydrazone groups is 1. The molecule has 4 rings (SSSR count). The highest BCUT2D eigenvalue weighted by Gasteiger charge is 2.35. The first kappa shape index (κ1) is 25.4. The summed E-state index contributed by atoms with van der Waals surface area (Å²) in [5, 5.41) is 11.6. The minimum absolute atomic E-state index is 0.00727. The minimum Gasteiger partial charge on any atom is -0.490 e. The zero-order valence-corrected chi connectivity index (χ0v) is 20.0. The summed E-state index contributed by atoms with van der Waals surface area (Å²) in [4.78, 5) is 4.37. The molecule has 0 bridgehead atoms. The van der Waals surface area contributed by atoms with Crippen LogP contribution in [0.3, 0.4) is 0 Å². The molecule has 0 spiro atoms. The molecule has 1 heterocycles. The van der Waals surface area contributed by atoms with Crippen molar-refractivity contribution in [3.63, 3.8) is 0 Å². The van der Waals surface area contributed by atoms with Crippen LogP contribution in [0.1, 0.15) is 57.4 Å². The number of hydrogen-bond donors (Lipinski definition) is 1. The van der Waals surface area contributed by atoms with Crippen molar-refractivity contribution in [2.75, 3.05) is 0 Å². The van der Waals surface area contributed by atoms with Gasteiger partial charge < -0.3 is 15.0 Å². The minimum atomic E-state index is -4.58. The van der Waals surface area contributed by atoms with Crippen molar-refractivity contribution in [3.05, 3.63) is 48.0 Å². The van der Waals surface area contributed by atoms with Crippen LogP contribution < -0.4 is 10.6 Å². The maximum absolute atomic E-state index is 13.7. The summed E-state index contributed by atoms with van der Waals surface area (Å²) in [6.45, 7) is 2.08. The Labute approximate surface area is 207 Å². The van der Waals surface area contributed by atoms with Gasteiger partial charge in [0, 0.05) is 5.56 Å². The fourth-order valence-electron chi connectivity index (χ4n) is 4.03. The first-order chi connectivity index (χ1) is 17.4. The predicted octanol–water partition coefficient (Wildman–Crippen LogP) is 6.95. The summed E-state index contributed by atoms with van der Waals surface area (Å²) < 4.78 is 52.7. The predicted molar refractivity (Wildman–Crippen MR) is 132 cm³/mol. The Balaban J connectivity index is 1.55. The first-order valence-corrected chi connectivity index (χ1v) is 12.0. The van der Waals surface area contributed by atoms with Gasteiger partial charge in [-0.25, -0.2) is 0 Å². The highest BCUT2D eigenvalue weighted by molar-refractivity contribution is 6.30. The normalized spacial score (nSPS) is 15.2. The van der Waals surface area contributed by atoms with E-state index >= 15 is 0 Å². The van der Waals surface area contributed by atoms with Gasteiger partial charge in [-0.3, -0.25) is 4.99 Å². The topological polar surface area (TPSA) is 98.9 Å². The molecular formula is C26H28F3N5O2.